The Morgan fingerprint density at radius 2 is 1.93 bits per heavy atom. The second-order valence-corrected chi connectivity index (χ2v) is 9.60. The van der Waals surface area contributed by atoms with Crippen molar-refractivity contribution < 1.29 is 17.9 Å². The molecule has 1 aliphatic rings. The maximum atomic E-state index is 12.8. The van der Waals surface area contributed by atoms with Gasteiger partial charge in [0.1, 0.15) is 0 Å². The van der Waals surface area contributed by atoms with Gasteiger partial charge in [0.2, 0.25) is 10.0 Å². The smallest absolute Gasteiger partial charge is 0.317 e. The van der Waals surface area contributed by atoms with Crippen LogP contribution in [0.1, 0.15) is 25.8 Å². The highest BCUT2D eigenvalue weighted by Gasteiger charge is 2.30. The molecule has 2 amide bonds. The third-order valence-corrected chi connectivity index (χ3v) is 7.13. The van der Waals surface area contributed by atoms with E-state index in [1.54, 1.807) is 23.1 Å². The number of aryl methyl sites for hydroxylation is 1. The quantitative estimate of drug-likeness (QED) is 0.632. The number of carbonyl (C=O) groups is 1. The summed E-state index contributed by atoms with van der Waals surface area (Å²) in [7, 11) is -3.55. The minimum Gasteiger partial charge on any atom is -0.379 e. The topological polar surface area (TPSA) is 79.0 Å². The van der Waals surface area contributed by atoms with Crippen LogP contribution in [0, 0.1) is 6.92 Å². The first-order chi connectivity index (χ1) is 12.7. The molecule has 0 aliphatic carbocycles. The first kappa shape index (κ1) is 22.1. The summed E-state index contributed by atoms with van der Waals surface area (Å²) in [4.78, 5) is 14.1. The van der Waals surface area contributed by atoms with Crippen molar-refractivity contribution in [2.24, 2.45) is 0 Å². The monoisotopic (exact) mass is 461 g/mol. The van der Waals surface area contributed by atoms with Gasteiger partial charge in [-0.25, -0.2) is 13.2 Å². The molecule has 1 N–H and O–H groups in total. The Morgan fingerprint density at radius 3 is 2.52 bits per heavy atom. The van der Waals surface area contributed by atoms with Gasteiger partial charge >= 0.3 is 6.03 Å². The van der Waals surface area contributed by atoms with E-state index in [0.717, 1.165) is 16.5 Å². The lowest BCUT2D eigenvalue weighted by atomic mass is 10.2. The Bertz CT molecular complexity index is 747. The van der Waals surface area contributed by atoms with E-state index in [9.17, 15) is 13.2 Å². The number of sulfonamides is 1. The van der Waals surface area contributed by atoms with Crippen LogP contribution < -0.4 is 5.32 Å². The minimum absolute atomic E-state index is 0.156. The number of nitrogens with one attached hydrogen (secondary N) is 1. The zero-order valence-electron chi connectivity index (χ0n) is 16.1. The normalized spacial score (nSPS) is 16.0. The second kappa shape index (κ2) is 9.86. The fraction of sp³-hybridized carbons (Fsp3) is 0.611. The van der Waals surface area contributed by atoms with Gasteiger partial charge in [-0.1, -0.05) is 15.9 Å². The molecule has 152 valence electrons. The summed E-state index contributed by atoms with van der Waals surface area (Å²) in [5.74, 6) is 0. The molecular formula is C18H28BrN3O4S. The molecule has 27 heavy (non-hydrogen) atoms. The summed E-state index contributed by atoms with van der Waals surface area (Å²) in [5, 5.41) is 2.86. The average molecular weight is 462 g/mol. The van der Waals surface area contributed by atoms with Crippen LogP contribution in [0.15, 0.2) is 27.6 Å². The van der Waals surface area contributed by atoms with E-state index in [1.165, 1.54) is 4.31 Å². The molecular weight excluding hydrogens is 434 g/mol. The zero-order chi connectivity index (χ0) is 20.0. The van der Waals surface area contributed by atoms with Gasteiger partial charge in [0.15, 0.2) is 0 Å². The summed E-state index contributed by atoms with van der Waals surface area (Å²) < 4.78 is 33.4. The standard InChI is InChI=1S/C18H28BrN3O4S/c1-14(2)26-12-4-7-20-18(23)21-8-10-22(11-9-21)27(24,25)16-5-6-17(19)15(3)13-16/h5-6,13-14H,4,7-12H2,1-3H3,(H,20,23). The lowest BCUT2D eigenvalue weighted by Gasteiger charge is -2.34. The molecule has 2 rings (SSSR count). The van der Waals surface area contributed by atoms with Crippen LogP contribution >= 0.6 is 15.9 Å². The largest absolute Gasteiger partial charge is 0.379 e. The highest BCUT2D eigenvalue weighted by atomic mass is 79.9. The molecule has 0 radical (unpaired) electrons. The van der Waals surface area contributed by atoms with Crippen LogP contribution in [0.2, 0.25) is 0 Å². The van der Waals surface area contributed by atoms with Crippen molar-refractivity contribution in [1.29, 1.82) is 0 Å². The third-order valence-electron chi connectivity index (χ3n) is 4.34. The Balaban J connectivity index is 1.83. The predicted octanol–water partition coefficient (Wildman–Crippen LogP) is 2.59. The Labute approximate surface area is 170 Å². The SMILES string of the molecule is Cc1cc(S(=O)(=O)N2CCN(C(=O)NCCCOC(C)C)CC2)ccc1Br. The zero-order valence-corrected chi connectivity index (χ0v) is 18.5. The number of benzene rings is 1. The lowest BCUT2D eigenvalue weighted by molar-refractivity contribution is 0.0770. The van der Waals surface area contributed by atoms with Gasteiger partial charge < -0.3 is 15.0 Å². The number of ether oxygens (including phenoxy) is 1. The van der Waals surface area contributed by atoms with Crippen LogP contribution in [0.3, 0.4) is 0 Å². The predicted molar refractivity (Wildman–Crippen MR) is 108 cm³/mol. The number of carbonyl (C=O) groups excluding carboxylic acids is 1. The Morgan fingerprint density at radius 1 is 1.26 bits per heavy atom. The van der Waals surface area contributed by atoms with Gasteiger partial charge in [-0.15, -0.1) is 0 Å². The summed E-state index contributed by atoms with van der Waals surface area (Å²) >= 11 is 3.39. The van der Waals surface area contributed by atoms with Crippen LogP contribution in [-0.2, 0) is 14.8 Å². The van der Waals surface area contributed by atoms with E-state index >= 15 is 0 Å². The fourth-order valence-corrected chi connectivity index (χ4v) is 4.51. The number of nitrogens with zero attached hydrogens (tertiary/aromatic N) is 2. The van der Waals surface area contributed by atoms with Crippen molar-refractivity contribution in [1.82, 2.24) is 14.5 Å². The van der Waals surface area contributed by atoms with Crippen molar-refractivity contribution in [2.75, 3.05) is 39.3 Å². The van der Waals surface area contributed by atoms with Crippen LogP contribution in [0.5, 0.6) is 0 Å². The van der Waals surface area contributed by atoms with E-state index in [2.05, 4.69) is 21.2 Å². The van der Waals surface area contributed by atoms with Gasteiger partial charge in [0.25, 0.3) is 0 Å². The molecule has 0 aromatic heterocycles. The summed E-state index contributed by atoms with van der Waals surface area (Å²) in [6.07, 6.45) is 0.937. The molecule has 0 spiro atoms. The maximum Gasteiger partial charge on any atom is 0.317 e. The van der Waals surface area contributed by atoms with Crippen LogP contribution in [-0.4, -0.2) is 69.1 Å². The van der Waals surface area contributed by atoms with Gasteiger partial charge in [-0.3, -0.25) is 0 Å². The average Bonchev–Trinajstić information content (AvgIpc) is 2.63. The molecule has 1 aromatic rings. The first-order valence-electron chi connectivity index (χ1n) is 9.12. The highest BCUT2D eigenvalue weighted by Crippen LogP contribution is 2.23. The molecule has 0 bridgehead atoms. The maximum absolute atomic E-state index is 12.8. The Hall–Kier alpha value is -1.16. The van der Waals surface area contributed by atoms with E-state index in [4.69, 9.17) is 4.74 Å². The summed E-state index contributed by atoms with van der Waals surface area (Å²) in [5.41, 5.74) is 0.871. The van der Waals surface area contributed by atoms with Crippen molar-refractivity contribution in [3.63, 3.8) is 0 Å². The number of amides is 2. The van der Waals surface area contributed by atoms with E-state index in [-0.39, 0.29) is 17.0 Å². The number of piperazine rings is 1. The molecule has 1 aliphatic heterocycles. The number of hydrogen-bond donors (Lipinski definition) is 1. The minimum atomic E-state index is -3.55. The van der Waals surface area contributed by atoms with Gasteiger partial charge in [-0.2, -0.15) is 4.31 Å². The molecule has 1 saturated heterocycles. The van der Waals surface area contributed by atoms with Crippen molar-refractivity contribution in [2.45, 2.75) is 38.2 Å². The van der Waals surface area contributed by atoms with E-state index in [1.807, 2.05) is 20.8 Å². The van der Waals surface area contributed by atoms with E-state index in [0.29, 0.717) is 39.3 Å². The molecule has 0 saturated carbocycles. The van der Waals surface area contributed by atoms with Gasteiger partial charge in [0.05, 0.1) is 11.0 Å². The van der Waals surface area contributed by atoms with Gasteiger partial charge in [0, 0.05) is 43.8 Å². The van der Waals surface area contributed by atoms with Crippen molar-refractivity contribution >= 4 is 32.0 Å². The van der Waals surface area contributed by atoms with Gasteiger partial charge in [-0.05, 0) is 51.0 Å². The third kappa shape index (κ3) is 6.17. The molecule has 0 unspecified atom stereocenters. The number of rotatable bonds is 7. The molecule has 7 nitrogen and oxygen atoms in total. The Kier molecular flexibility index (Phi) is 8.08. The molecule has 0 atom stereocenters. The number of halogens is 1. The fourth-order valence-electron chi connectivity index (χ4n) is 2.76. The summed E-state index contributed by atoms with van der Waals surface area (Å²) in [6, 6.07) is 4.85. The van der Waals surface area contributed by atoms with E-state index < -0.39 is 10.0 Å². The number of hydrogen-bond acceptors (Lipinski definition) is 4. The molecule has 9 heteroatoms. The van der Waals surface area contributed by atoms with Crippen LogP contribution in [0.4, 0.5) is 4.79 Å². The highest BCUT2D eigenvalue weighted by molar-refractivity contribution is 9.10. The second-order valence-electron chi connectivity index (χ2n) is 6.81. The molecule has 1 fully saturated rings. The van der Waals surface area contributed by atoms with Crippen LogP contribution in [0.25, 0.3) is 0 Å². The lowest BCUT2D eigenvalue weighted by Crippen LogP contribution is -2.53. The molecule has 1 heterocycles. The van der Waals surface area contributed by atoms with Crippen molar-refractivity contribution in [3.05, 3.63) is 28.2 Å². The summed E-state index contributed by atoms with van der Waals surface area (Å²) in [6.45, 7) is 8.30. The number of urea groups is 1. The van der Waals surface area contributed by atoms with Crippen molar-refractivity contribution in [3.8, 4) is 0 Å². The first-order valence-corrected chi connectivity index (χ1v) is 11.4. The molecule has 1 aromatic carbocycles.